The van der Waals surface area contributed by atoms with Crippen LogP contribution in [-0.2, 0) is 13.1 Å². The zero-order valence-corrected chi connectivity index (χ0v) is 15.7. The smallest absolute Gasteiger partial charge is 0.271 e. The number of hydrogen-bond acceptors (Lipinski definition) is 5. The summed E-state index contributed by atoms with van der Waals surface area (Å²) in [5.74, 6) is 0.840. The standard InChI is InChI=1S/C20H24N6O/c1-24(2)10-9-21-20(27)18-13-16-14-25(11-12-26(16)23-18)19-8-7-15-5-3-4-6-17(15)22-19/h3-8,13H,9-12,14H2,1-2H3,(H,21,27). The number of carbonyl (C=O) groups is 1. The average molecular weight is 364 g/mol. The van der Waals surface area contributed by atoms with Crippen molar-refractivity contribution in [1.82, 2.24) is 25.0 Å². The van der Waals surface area contributed by atoms with E-state index in [0.717, 1.165) is 42.0 Å². The van der Waals surface area contributed by atoms with Gasteiger partial charge in [0.1, 0.15) is 5.82 Å². The van der Waals surface area contributed by atoms with Gasteiger partial charge in [-0.25, -0.2) is 4.98 Å². The second-order valence-corrected chi connectivity index (χ2v) is 7.09. The molecule has 7 nitrogen and oxygen atoms in total. The first-order chi connectivity index (χ1) is 13.1. The van der Waals surface area contributed by atoms with Crippen molar-refractivity contribution in [2.24, 2.45) is 0 Å². The predicted molar refractivity (Wildman–Crippen MR) is 106 cm³/mol. The minimum absolute atomic E-state index is 0.117. The van der Waals surface area contributed by atoms with Gasteiger partial charge in [0.2, 0.25) is 0 Å². The van der Waals surface area contributed by atoms with Crippen LogP contribution in [0.25, 0.3) is 10.9 Å². The molecule has 2 aromatic heterocycles. The molecule has 140 valence electrons. The van der Waals surface area contributed by atoms with E-state index in [1.807, 2.05) is 47.9 Å². The normalized spacial score (nSPS) is 13.8. The van der Waals surface area contributed by atoms with Gasteiger partial charge < -0.3 is 15.1 Å². The Morgan fingerprint density at radius 3 is 2.89 bits per heavy atom. The Bertz CT molecular complexity index is 964. The number of nitrogens with zero attached hydrogens (tertiary/aromatic N) is 5. The van der Waals surface area contributed by atoms with Gasteiger partial charge in [-0.2, -0.15) is 5.10 Å². The molecule has 1 amide bonds. The first kappa shape index (κ1) is 17.5. The van der Waals surface area contributed by atoms with Crippen LogP contribution in [0.4, 0.5) is 5.82 Å². The molecule has 27 heavy (non-hydrogen) atoms. The fraction of sp³-hybridized carbons (Fsp3) is 0.350. The molecule has 0 atom stereocenters. The highest BCUT2D eigenvalue weighted by Gasteiger charge is 2.21. The summed E-state index contributed by atoms with van der Waals surface area (Å²) < 4.78 is 1.93. The van der Waals surface area contributed by atoms with Crippen LogP contribution in [0.5, 0.6) is 0 Å². The number of rotatable bonds is 5. The van der Waals surface area contributed by atoms with Gasteiger partial charge in [0.25, 0.3) is 5.91 Å². The third kappa shape index (κ3) is 3.78. The Hall–Kier alpha value is -2.93. The fourth-order valence-electron chi connectivity index (χ4n) is 3.29. The first-order valence-corrected chi connectivity index (χ1v) is 9.20. The highest BCUT2D eigenvalue weighted by atomic mass is 16.1. The molecule has 1 aliphatic heterocycles. The molecule has 7 heteroatoms. The maximum Gasteiger partial charge on any atom is 0.271 e. The van der Waals surface area contributed by atoms with E-state index in [1.54, 1.807) is 0 Å². The second kappa shape index (κ2) is 7.36. The van der Waals surface area contributed by atoms with E-state index in [4.69, 9.17) is 4.98 Å². The lowest BCUT2D eigenvalue weighted by Crippen LogP contribution is -2.34. The number of likely N-dealkylation sites (N-methyl/N-ethyl adjacent to an activating group) is 1. The third-order valence-electron chi connectivity index (χ3n) is 4.78. The molecule has 0 radical (unpaired) electrons. The second-order valence-electron chi connectivity index (χ2n) is 7.09. The number of fused-ring (bicyclic) bond motifs is 2. The lowest BCUT2D eigenvalue weighted by Gasteiger charge is -2.28. The van der Waals surface area contributed by atoms with Crippen molar-refractivity contribution in [3.8, 4) is 0 Å². The van der Waals surface area contributed by atoms with Gasteiger partial charge in [0.05, 0.1) is 24.3 Å². The van der Waals surface area contributed by atoms with Gasteiger partial charge in [-0.3, -0.25) is 9.48 Å². The SMILES string of the molecule is CN(C)CCNC(=O)c1cc2n(n1)CCN(c1ccc3ccccc3n1)C2. The van der Waals surface area contributed by atoms with Crippen LogP contribution >= 0.6 is 0 Å². The van der Waals surface area contributed by atoms with Crippen molar-refractivity contribution < 1.29 is 4.79 Å². The molecule has 0 bridgehead atoms. The fourth-order valence-corrected chi connectivity index (χ4v) is 3.29. The lowest BCUT2D eigenvalue weighted by molar-refractivity contribution is 0.0945. The molecule has 0 saturated carbocycles. The largest absolute Gasteiger partial charge is 0.349 e. The Morgan fingerprint density at radius 2 is 2.04 bits per heavy atom. The zero-order valence-electron chi connectivity index (χ0n) is 15.7. The van der Waals surface area contributed by atoms with Crippen LogP contribution in [0.2, 0.25) is 0 Å². The Morgan fingerprint density at radius 1 is 1.19 bits per heavy atom. The van der Waals surface area contributed by atoms with Gasteiger partial charge in [0.15, 0.2) is 5.69 Å². The third-order valence-corrected chi connectivity index (χ3v) is 4.78. The number of benzene rings is 1. The summed E-state index contributed by atoms with van der Waals surface area (Å²) in [5.41, 5.74) is 2.51. The molecule has 0 spiro atoms. The number of nitrogens with one attached hydrogen (secondary N) is 1. The number of anilines is 1. The van der Waals surface area contributed by atoms with E-state index in [9.17, 15) is 4.79 Å². The van der Waals surface area contributed by atoms with Gasteiger partial charge in [-0.15, -0.1) is 0 Å². The van der Waals surface area contributed by atoms with Crippen LogP contribution in [0.15, 0.2) is 42.5 Å². The topological polar surface area (TPSA) is 66.3 Å². The molecule has 0 saturated heterocycles. The number of aromatic nitrogens is 3. The molecule has 0 unspecified atom stereocenters. The van der Waals surface area contributed by atoms with Crippen LogP contribution in [0.1, 0.15) is 16.2 Å². The van der Waals surface area contributed by atoms with Crippen molar-refractivity contribution >= 4 is 22.6 Å². The molecular weight excluding hydrogens is 340 g/mol. The number of hydrogen-bond donors (Lipinski definition) is 1. The summed E-state index contributed by atoms with van der Waals surface area (Å²) in [4.78, 5) is 21.4. The molecule has 1 aliphatic rings. The summed E-state index contributed by atoms with van der Waals surface area (Å²) in [5, 5.41) is 8.53. The van der Waals surface area contributed by atoms with E-state index in [1.165, 1.54) is 0 Å². The summed E-state index contributed by atoms with van der Waals surface area (Å²) in [6, 6.07) is 14.2. The molecule has 4 rings (SSSR count). The van der Waals surface area contributed by atoms with Crippen molar-refractivity contribution in [3.05, 3.63) is 53.9 Å². The summed E-state index contributed by atoms with van der Waals surface area (Å²) in [6.45, 7) is 3.68. The van der Waals surface area contributed by atoms with E-state index >= 15 is 0 Å². The van der Waals surface area contributed by atoms with Gasteiger partial charge in [-0.05, 0) is 38.4 Å². The lowest BCUT2D eigenvalue weighted by atomic mass is 10.2. The van der Waals surface area contributed by atoms with Crippen molar-refractivity contribution in [2.45, 2.75) is 13.1 Å². The molecule has 0 aliphatic carbocycles. The molecular formula is C20H24N6O. The minimum atomic E-state index is -0.117. The van der Waals surface area contributed by atoms with Crippen molar-refractivity contribution in [1.29, 1.82) is 0 Å². The number of carbonyl (C=O) groups excluding carboxylic acids is 1. The quantitative estimate of drug-likeness (QED) is 0.747. The highest BCUT2D eigenvalue weighted by molar-refractivity contribution is 5.92. The van der Waals surface area contributed by atoms with Gasteiger partial charge in [0, 0.05) is 25.0 Å². The highest BCUT2D eigenvalue weighted by Crippen LogP contribution is 2.22. The van der Waals surface area contributed by atoms with Crippen LogP contribution < -0.4 is 10.2 Å². The summed E-state index contributed by atoms with van der Waals surface area (Å²) >= 11 is 0. The number of amides is 1. The maximum absolute atomic E-state index is 12.3. The van der Waals surface area contributed by atoms with Crippen molar-refractivity contribution in [3.63, 3.8) is 0 Å². The van der Waals surface area contributed by atoms with E-state index in [2.05, 4.69) is 33.5 Å². The molecule has 0 fully saturated rings. The summed E-state index contributed by atoms with van der Waals surface area (Å²) in [7, 11) is 3.97. The molecule has 3 aromatic rings. The van der Waals surface area contributed by atoms with Crippen molar-refractivity contribution in [2.75, 3.05) is 38.6 Å². The van der Waals surface area contributed by atoms with Crippen LogP contribution in [0, 0.1) is 0 Å². The molecule has 1 aromatic carbocycles. The monoisotopic (exact) mass is 364 g/mol. The number of para-hydroxylation sites is 1. The van der Waals surface area contributed by atoms with Crippen LogP contribution in [-0.4, -0.2) is 59.3 Å². The maximum atomic E-state index is 12.3. The zero-order chi connectivity index (χ0) is 18.8. The van der Waals surface area contributed by atoms with E-state index in [-0.39, 0.29) is 5.91 Å². The predicted octanol–water partition coefficient (Wildman–Crippen LogP) is 1.74. The molecule has 3 heterocycles. The minimum Gasteiger partial charge on any atom is -0.349 e. The molecule has 1 N–H and O–H groups in total. The Labute approximate surface area is 158 Å². The van der Waals surface area contributed by atoms with Crippen LogP contribution in [0.3, 0.4) is 0 Å². The average Bonchev–Trinajstić information content (AvgIpc) is 3.10. The number of pyridine rings is 1. The Kier molecular flexibility index (Phi) is 4.77. The Balaban J connectivity index is 1.48. The van der Waals surface area contributed by atoms with Gasteiger partial charge in [-0.1, -0.05) is 18.2 Å². The van der Waals surface area contributed by atoms with E-state index in [0.29, 0.717) is 18.8 Å². The van der Waals surface area contributed by atoms with E-state index < -0.39 is 0 Å². The van der Waals surface area contributed by atoms with Gasteiger partial charge >= 0.3 is 0 Å². The first-order valence-electron chi connectivity index (χ1n) is 9.20. The summed E-state index contributed by atoms with van der Waals surface area (Å²) in [6.07, 6.45) is 0.